The van der Waals surface area contributed by atoms with Gasteiger partial charge in [0.2, 0.25) is 17.7 Å². The lowest BCUT2D eigenvalue weighted by atomic mass is 9.95. The highest BCUT2D eigenvalue weighted by Crippen LogP contribution is 2.21. The topological polar surface area (TPSA) is 95.6 Å². The second-order valence-corrected chi connectivity index (χ2v) is 10.0. The highest BCUT2D eigenvalue weighted by atomic mass is 32.2. The number of carbonyl (C=O) groups is 3. The fourth-order valence-corrected chi connectivity index (χ4v) is 4.89. The molecular weight excluding hydrogens is 476 g/mol. The van der Waals surface area contributed by atoms with E-state index < -0.39 is 51.8 Å². The van der Waals surface area contributed by atoms with Crippen LogP contribution in [0.4, 0.5) is 20.2 Å². The number of halogens is 2. The van der Waals surface area contributed by atoms with Gasteiger partial charge in [0, 0.05) is 28.2 Å². The Bertz CT molecular complexity index is 1060. The summed E-state index contributed by atoms with van der Waals surface area (Å²) in [5.74, 6) is -3.50. The lowest BCUT2D eigenvalue weighted by molar-refractivity contribution is -0.126. The molecule has 1 saturated carbocycles. The van der Waals surface area contributed by atoms with E-state index in [9.17, 15) is 27.4 Å². The van der Waals surface area contributed by atoms with Crippen LogP contribution in [0.1, 0.15) is 39.0 Å². The van der Waals surface area contributed by atoms with E-state index in [4.69, 9.17) is 0 Å². The molecule has 0 heterocycles. The maximum atomic E-state index is 13.5. The van der Waals surface area contributed by atoms with E-state index in [1.54, 1.807) is 6.92 Å². The lowest BCUT2D eigenvalue weighted by Gasteiger charge is -2.31. The van der Waals surface area contributed by atoms with Gasteiger partial charge in [-0.15, -0.1) is 0 Å². The summed E-state index contributed by atoms with van der Waals surface area (Å²) in [6.07, 6.45) is 4.92. The average Bonchev–Trinajstić information content (AvgIpc) is 2.82. The number of hydrogen-bond acceptors (Lipinski definition) is 4. The number of benzene rings is 2. The van der Waals surface area contributed by atoms with Crippen LogP contribution >= 0.6 is 0 Å². The Hall–Kier alpha value is -3.14. The molecule has 2 aromatic rings. The summed E-state index contributed by atoms with van der Waals surface area (Å²) in [5, 5.41) is 5.48. The zero-order valence-electron chi connectivity index (χ0n) is 19.5. The molecule has 0 aromatic heterocycles. The predicted molar refractivity (Wildman–Crippen MR) is 131 cm³/mol. The van der Waals surface area contributed by atoms with E-state index in [1.165, 1.54) is 53.4 Å². The third-order valence-electron chi connectivity index (χ3n) is 5.80. The molecule has 188 valence electrons. The van der Waals surface area contributed by atoms with Gasteiger partial charge < -0.3 is 10.6 Å². The third-order valence-corrected chi connectivity index (χ3v) is 6.95. The number of rotatable bonds is 9. The number of nitrogens with zero attached hydrogens (tertiary/aromatic N) is 1. The predicted octanol–water partition coefficient (Wildman–Crippen LogP) is 3.52. The molecule has 1 fully saturated rings. The maximum Gasteiger partial charge on any atom is 0.243 e. The van der Waals surface area contributed by atoms with Crippen LogP contribution in [-0.2, 0) is 25.2 Å². The fraction of sp³-hybridized carbons (Fsp3) is 0.400. The van der Waals surface area contributed by atoms with Crippen LogP contribution in [0.15, 0.2) is 48.5 Å². The molecule has 35 heavy (non-hydrogen) atoms. The third kappa shape index (κ3) is 7.95. The Kier molecular flexibility index (Phi) is 9.47. The van der Waals surface area contributed by atoms with Gasteiger partial charge in [0.25, 0.3) is 0 Å². The first-order chi connectivity index (χ1) is 16.7. The first kappa shape index (κ1) is 26.5. The molecule has 0 saturated heterocycles. The van der Waals surface area contributed by atoms with Gasteiger partial charge in [-0.2, -0.15) is 0 Å². The molecule has 0 radical (unpaired) electrons. The van der Waals surface area contributed by atoms with Crippen molar-refractivity contribution in [1.82, 2.24) is 5.32 Å². The summed E-state index contributed by atoms with van der Waals surface area (Å²) in [6, 6.07) is 9.29. The second kappa shape index (κ2) is 12.5. The standard InChI is InChI=1S/C25H29F2N3O4S/c1-17(25(33)29-20-5-3-2-4-6-20)30(22-13-9-19(27)10-14-22)24(32)16-35(34)15-23(31)28-21-11-7-18(26)8-12-21/h7-14,17,20H,2-6,15-16H2,1H3,(H,28,31)(H,29,33)/t17-,35+/m1/s1. The highest BCUT2D eigenvalue weighted by molar-refractivity contribution is 7.86. The van der Waals surface area contributed by atoms with Crippen molar-refractivity contribution in [3.8, 4) is 0 Å². The molecule has 0 aliphatic heterocycles. The van der Waals surface area contributed by atoms with Gasteiger partial charge in [0.05, 0.1) is 0 Å². The minimum Gasteiger partial charge on any atom is -0.352 e. The van der Waals surface area contributed by atoms with Crippen LogP contribution in [0.5, 0.6) is 0 Å². The summed E-state index contributed by atoms with van der Waals surface area (Å²) in [5.41, 5.74) is 0.621. The SMILES string of the molecule is C[C@H](C(=O)NC1CCCCC1)N(C(=O)C[S@@](=O)CC(=O)Nc1ccc(F)cc1)c1ccc(F)cc1. The first-order valence-electron chi connectivity index (χ1n) is 11.5. The van der Waals surface area contributed by atoms with Crippen molar-refractivity contribution >= 4 is 39.9 Å². The van der Waals surface area contributed by atoms with Gasteiger partial charge in [-0.1, -0.05) is 19.3 Å². The van der Waals surface area contributed by atoms with Gasteiger partial charge >= 0.3 is 0 Å². The van der Waals surface area contributed by atoms with Crippen LogP contribution in [-0.4, -0.2) is 45.5 Å². The molecule has 0 spiro atoms. The van der Waals surface area contributed by atoms with E-state index in [0.717, 1.165) is 32.1 Å². The lowest BCUT2D eigenvalue weighted by Crippen LogP contribution is -2.52. The first-order valence-corrected chi connectivity index (χ1v) is 13.0. The molecule has 7 nitrogen and oxygen atoms in total. The van der Waals surface area contributed by atoms with Gasteiger partial charge in [0.15, 0.2) is 0 Å². The van der Waals surface area contributed by atoms with E-state index in [1.807, 2.05) is 0 Å². The largest absolute Gasteiger partial charge is 0.352 e. The van der Waals surface area contributed by atoms with Crippen molar-refractivity contribution in [3.63, 3.8) is 0 Å². The van der Waals surface area contributed by atoms with E-state index in [2.05, 4.69) is 10.6 Å². The number of amides is 3. The van der Waals surface area contributed by atoms with Crippen molar-refractivity contribution < 1.29 is 27.4 Å². The minimum atomic E-state index is -1.88. The normalized spacial score (nSPS) is 15.6. The fourth-order valence-electron chi connectivity index (χ4n) is 4.01. The zero-order chi connectivity index (χ0) is 25.4. The van der Waals surface area contributed by atoms with Crippen molar-refractivity contribution in [2.45, 2.75) is 51.1 Å². The summed E-state index contributed by atoms with van der Waals surface area (Å²) >= 11 is 0. The van der Waals surface area contributed by atoms with Crippen molar-refractivity contribution in [2.75, 3.05) is 21.7 Å². The van der Waals surface area contributed by atoms with Crippen molar-refractivity contribution in [1.29, 1.82) is 0 Å². The Morgan fingerprint density at radius 3 is 2.11 bits per heavy atom. The Labute approximate surface area is 205 Å². The van der Waals surface area contributed by atoms with E-state index in [0.29, 0.717) is 5.69 Å². The molecule has 0 unspecified atom stereocenters. The molecule has 1 aliphatic rings. The van der Waals surface area contributed by atoms with Crippen molar-refractivity contribution in [2.24, 2.45) is 0 Å². The van der Waals surface area contributed by atoms with Crippen LogP contribution in [0.2, 0.25) is 0 Å². The van der Waals surface area contributed by atoms with E-state index in [-0.39, 0.29) is 17.6 Å². The number of carbonyl (C=O) groups excluding carboxylic acids is 3. The molecule has 2 aromatic carbocycles. The average molecular weight is 506 g/mol. The van der Waals surface area contributed by atoms with Gasteiger partial charge in [-0.05, 0) is 68.3 Å². The molecule has 1 aliphatic carbocycles. The molecule has 10 heteroatoms. The Balaban J connectivity index is 1.66. The molecule has 3 rings (SSSR count). The number of anilines is 2. The second-order valence-electron chi connectivity index (χ2n) is 8.54. The van der Waals surface area contributed by atoms with Crippen LogP contribution in [0.3, 0.4) is 0 Å². The quantitative estimate of drug-likeness (QED) is 0.545. The maximum absolute atomic E-state index is 13.5. The highest BCUT2D eigenvalue weighted by Gasteiger charge is 2.30. The van der Waals surface area contributed by atoms with Crippen molar-refractivity contribution in [3.05, 3.63) is 60.2 Å². The molecular formula is C25H29F2N3O4S. The number of hydrogen-bond donors (Lipinski definition) is 2. The van der Waals surface area contributed by atoms with Crippen LogP contribution in [0.25, 0.3) is 0 Å². The monoisotopic (exact) mass is 505 g/mol. The van der Waals surface area contributed by atoms with E-state index >= 15 is 0 Å². The number of nitrogens with one attached hydrogen (secondary N) is 2. The Morgan fingerprint density at radius 2 is 1.51 bits per heavy atom. The van der Waals surface area contributed by atoms with Crippen LogP contribution in [0, 0.1) is 11.6 Å². The summed E-state index contributed by atoms with van der Waals surface area (Å²) in [6.45, 7) is 1.56. The molecule has 2 atom stereocenters. The molecule has 2 N–H and O–H groups in total. The zero-order valence-corrected chi connectivity index (χ0v) is 20.3. The van der Waals surface area contributed by atoms with Gasteiger partial charge in [-0.3, -0.25) is 23.5 Å². The van der Waals surface area contributed by atoms with Gasteiger partial charge in [-0.25, -0.2) is 8.78 Å². The molecule has 3 amide bonds. The van der Waals surface area contributed by atoms with Gasteiger partial charge in [0.1, 0.15) is 29.2 Å². The van der Waals surface area contributed by atoms with Crippen LogP contribution < -0.4 is 15.5 Å². The molecule has 0 bridgehead atoms. The minimum absolute atomic E-state index is 0.0353. The summed E-state index contributed by atoms with van der Waals surface area (Å²) in [4.78, 5) is 39.5. The smallest absolute Gasteiger partial charge is 0.243 e. The summed E-state index contributed by atoms with van der Waals surface area (Å²) < 4.78 is 39.1. The summed E-state index contributed by atoms with van der Waals surface area (Å²) in [7, 11) is -1.88. The Morgan fingerprint density at radius 1 is 0.943 bits per heavy atom.